The molecule has 1 aromatic rings. The maximum absolute atomic E-state index is 12.8. The number of hydrogen-bond acceptors (Lipinski definition) is 3. The highest BCUT2D eigenvalue weighted by molar-refractivity contribution is 5.80. The van der Waals surface area contributed by atoms with Crippen molar-refractivity contribution in [2.24, 2.45) is 0 Å². The molecule has 0 aliphatic carbocycles. The van der Waals surface area contributed by atoms with E-state index in [9.17, 15) is 18.0 Å². The number of ether oxygens (including phenoxy) is 2. The Morgan fingerprint density at radius 2 is 2.13 bits per heavy atom. The first-order valence-electron chi connectivity index (χ1n) is 7.46. The van der Waals surface area contributed by atoms with Crippen molar-refractivity contribution in [3.05, 3.63) is 29.8 Å². The number of carbonyl (C=O) groups is 1. The van der Waals surface area contributed by atoms with E-state index in [-0.39, 0.29) is 13.0 Å². The van der Waals surface area contributed by atoms with Crippen LogP contribution in [0.25, 0.3) is 0 Å². The molecule has 1 unspecified atom stereocenters. The lowest BCUT2D eigenvalue weighted by molar-refractivity contribution is -0.169. The highest BCUT2D eigenvalue weighted by atomic mass is 19.4. The first-order chi connectivity index (χ1) is 10.9. The molecule has 1 saturated heterocycles. The first-order valence-corrected chi connectivity index (χ1v) is 7.46. The molecular weight excluding hydrogens is 311 g/mol. The fraction of sp³-hybridized carbons (Fsp3) is 0.562. The third-order valence-corrected chi connectivity index (χ3v) is 3.78. The first kappa shape index (κ1) is 17.6. The molecule has 128 valence electrons. The average molecular weight is 331 g/mol. The molecule has 0 N–H and O–H groups in total. The van der Waals surface area contributed by atoms with Gasteiger partial charge in [0.05, 0.1) is 26.2 Å². The van der Waals surface area contributed by atoms with Gasteiger partial charge in [0, 0.05) is 12.2 Å². The molecule has 2 rings (SSSR count). The standard InChI is InChI=1S/C16H20F3NO3/c1-22-14-7-3-2-5-12(14)9-15(21)20(11-16(17,18)19)13-6-4-8-23-10-13/h2-3,5,7,13H,4,6,8-11H2,1H3. The molecule has 0 spiro atoms. The second-order valence-electron chi connectivity index (χ2n) is 5.50. The van der Waals surface area contributed by atoms with E-state index in [2.05, 4.69) is 0 Å². The monoisotopic (exact) mass is 331 g/mol. The highest BCUT2D eigenvalue weighted by Gasteiger charge is 2.37. The summed E-state index contributed by atoms with van der Waals surface area (Å²) in [6.07, 6.45) is -3.39. The molecule has 0 radical (unpaired) electrons. The van der Waals surface area contributed by atoms with Crippen molar-refractivity contribution in [1.82, 2.24) is 4.90 Å². The van der Waals surface area contributed by atoms with Crippen LogP contribution in [0.3, 0.4) is 0 Å². The van der Waals surface area contributed by atoms with Crippen molar-refractivity contribution in [3.63, 3.8) is 0 Å². The van der Waals surface area contributed by atoms with Gasteiger partial charge in [0.15, 0.2) is 0 Å². The van der Waals surface area contributed by atoms with Crippen LogP contribution in [-0.4, -0.2) is 49.9 Å². The third-order valence-electron chi connectivity index (χ3n) is 3.78. The van der Waals surface area contributed by atoms with Gasteiger partial charge in [-0.2, -0.15) is 13.2 Å². The second-order valence-corrected chi connectivity index (χ2v) is 5.50. The molecule has 7 heteroatoms. The predicted molar refractivity (Wildman–Crippen MR) is 78.3 cm³/mol. The van der Waals surface area contributed by atoms with E-state index in [1.54, 1.807) is 24.3 Å². The largest absolute Gasteiger partial charge is 0.496 e. The Kier molecular flexibility index (Phi) is 5.87. The smallest absolute Gasteiger partial charge is 0.406 e. The minimum atomic E-state index is -4.44. The topological polar surface area (TPSA) is 38.8 Å². The molecule has 0 bridgehead atoms. The van der Waals surface area contributed by atoms with E-state index in [0.29, 0.717) is 30.8 Å². The summed E-state index contributed by atoms with van der Waals surface area (Å²) in [4.78, 5) is 13.4. The van der Waals surface area contributed by atoms with Crippen LogP contribution in [0.2, 0.25) is 0 Å². The van der Waals surface area contributed by atoms with Gasteiger partial charge in [-0.15, -0.1) is 0 Å². The Morgan fingerprint density at radius 3 is 2.74 bits per heavy atom. The number of carbonyl (C=O) groups excluding carboxylic acids is 1. The molecule has 1 atom stereocenters. The summed E-state index contributed by atoms with van der Waals surface area (Å²) < 4.78 is 48.9. The molecule has 4 nitrogen and oxygen atoms in total. The summed E-state index contributed by atoms with van der Waals surface area (Å²) in [7, 11) is 1.46. The zero-order chi connectivity index (χ0) is 16.9. The Balaban J connectivity index is 2.15. The number of para-hydroxylation sites is 1. The molecule has 1 amide bonds. The molecule has 1 heterocycles. The van der Waals surface area contributed by atoms with Crippen molar-refractivity contribution in [2.75, 3.05) is 26.9 Å². The van der Waals surface area contributed by atoms with Gasteiger partial charge < -0.3 is 14.4 Å². The number of halogens is 3. The quantitative estimate of drug-likeness (QED) is 0.833. The molecule has 0 saturated carbocycles. The Morgan fingerprint density at radius 1 is 1.39 bits per heavy atom. The number of alkyl halides is 3. The normalized spacial score (nSPS) is 18.5. The van der Waals surface area contributed by atoms with Gasteiger partial charge in [-0.25, -0.2) is 0 Å². The van der Waals surface area contributed by atoms with E-state index < -0.39 is 24.7 Å². The van der Waals surface area contributed by atoms with Crippen LogP contribution in [0, 0.1) is 0 Å². The molecule has 1 aliphatic heterocycles. The van der Waals surface area contributed by atoms with Gasteiger partial charge in [-0.05, 0) is 18.9 Å². The minimum Gasteiger partial charge on any atom is -0.496 e. The van der Waals surface area contributed by atoms with Crippen LogP contribution >= 0.6 is 0 Å². The fourth-order valence-electron chi connectivity index (χ4n) is 2.70. The van der Waals surface area contributed by atoms with Crippen molar-refractivity contribution >= 4 is 5.91 Å². The number of nitrogens with zero attached hydrogens (tertiary/aromatic N) is 1. The van der Waals surface area contributed by atoms with Gasteiger partial charge in [0.1, 0.15) is 12.3 Å². The van der Waals surface area contributed by atoms with E-state index in [0.717, 1.165) is 4.90 Å². The molecule has 1 aromatic carbocycles. The van der Waals surface area contributed by atoms with Crippen LogP contribution in [0.5, 0.6) is 5.75 Å². The average Bonchev–Trinajstić information content (AvgIpc) is 2.53. The van der Waals surface area contributed by atoms with E-state index in [4.69, 9.17) is 9.47 Å². The number of amides is 1. The van der Waals surface area contributed by atoms with Gasteiger partial charge in [0.2, 0.25) is 5.91 Å². The van der Waals surface area contributed by atoms with Gasteiger partial charge >= 0.3 is 6.18 Å². The summed E-state index contributed by atoms with van der Waals surface area (Å²) in [5.41, 5.74) is 0.573. The second kappa shape index (κ2) is 7.68. The lowest BCUT2D eigenvalue weighted by atomic mass is 10.1. The number of rotatable bonds is 5. The van der Waals surface area contributed by atoms with E-state index in [1.807, 2.05) is 0 Å². The molecular formula is C16H20F3NO3. The van der Waals surface area contributed by atoms with Crippen LogP contribution in [-0.2, 0) is 16.0 Å². The third kappa shape index (κ3) is 5.13. The number of methoxy groups -OCH3 is 1. The maximum atomic E-state index is 12.8. The van der Waals surface area contributed by atoms with Crippen molar-refractivity contribution in [1.29, 1.82) is 0 Å². The Hall–Kier alpha value is -1.76. The SMILES string of the molecule is COc1ccccc1CC(=O)N(CC(F)(F)F)C1CCCOC1. The van der Waals surface area contributed by atoms with Gasteiger partial charge in [-0.3, -0.25) is 4.79 Å². The summed E-state index contributed by atoms with van der Waals surface area (Å²) in [5, 5.41) is 0. The maximum Gasteiger partial charge on any atom is 0.406 e. The van der Waals surface area contributed by atoms with Crippen LogP contribution in [0.4, 0.5) is 13.2 Å². The van der Waals surface area contributed by atoms with Crippen molar-refractivity contribution < 1.29 is 27.4 Å². The fourth-order valence-corrected chi connectivity index (χ4v) is 2.70. The van der Waals surface area contributed by atoms with E-state index in [1.165, 1.54) is 7.11 Å². The van der Waals surface area contributed by atoms with Crippen molar-refractivity contribution in [2.45, 2.75) is 31.5 Å². The lowest BCUT2D eigenvalue weighted by Gasteiger charge is -2.34. The zero-order valence-electron chi connectivity index (χ0n) is 12.9. The molecule has 1 aliphatic rings. The van der Waals surface area contributed by atoms with E-state index >= 15 is 0 Å². The Bertz CT molecular complexity index is 528. The van der Waals surface area contributed by atoms with Crippen LogP contribution in [0.15, 0.2) is 24.3 Å². The molecule has 0 aromatic heterocycles. The van der Waals surface area contributed by atoms with Gasteiger partial charge in [0.25, 0.3) is 0 Å². The summed E-state index contributed by atoms with van der Waals surface area (Å²) >= 11 is 0. The predicted octanol–water partition coefficient (Wildman–Crippen LogP) is 2.81. The highest BCUT2D eigenvalue weighted by Crippen LogP contribution is 2.24. The lowest BCUT2D eigenvalue weighted by Crippen LogP contribution is -2.49. The minimum absolute atomic E-state index is 0.128. The number of benzene rings is 1. The molecule has 23 heavy (non-hydrogen) atoms. The summed E-state index contributed by atoms with van der Waals surface area (Å²) in [5.74, 6) is -0.0740. The number of hydrogen-bond donors (Lipinski definition) is 0. The van der Waals surface area contributed by atoms with Gasteiger partial charge in [-0.1, -0.05) is 18.2 Å². The molecule has 1 fully saturated rings. The van der Waals surface area contributed by atoms with Crippen LogP contribution in [0.1, 0.15) is 18.4 Å². The zero-order valence-corrected chi connectivity index (χ0v) is 12.9. The summed E-state index contributed by atoms with van der Waals surface area (Å²) in [6, 6.07) is 6.30. The summed E-state index contributed by atoms with van der Waals surface area (Å²) in [6.45, 7) is -0.584. The van der Waals surface area contributed by atoms with Crippen LogP contribution < -0.4 is 4.74 Å². The Labute approximate surface area is 133 Å². The van der Waals surface area contributed by atoms with Crippen molar-refractivity contribution in [3.8, 4) is 5.75 Å².